The van der Waals surface area contributed by atoms with Gasteiger partial charge in [0.2, 0.25) is 5.91 Å². The number of likely N-dealkylation sites (tertiary alicyclic amines) is 1. The molecule has 0 saturated carbocycles. The highest BCUT2D eigenvalue weighted by molar-refractivity contribution is 6.04. The molecule has 6 rings (SSSR count). The van der Waals surface area contributed by atoms with Gasteiger partial charge in [0.1, 0.15) is 11.8 Å². The van der Waals surface area contributed by atoms with Crippen molar-refractivity contribution in [1.29, 1.82) is 0 Å². The lowest BCUT2D eigenvalue weighted by Crippen LogP contribution is -2.54. The van der Waals surface area contributed by atoms with Crippen molar-refractivity contribution in [3.63, 3.8) is 0 Å². The van der Waals surface area contributed by atoms with E-state index in [4.69, 9.17) is 14.2 Å². The number of benzene rings is 4. The molecule has 4 aromatic rings. The van der Waals surface area contributed by atoms with E-state index in [1.165, 1.54) is 14.2 Å². The van der Waals surface area contributed by atoms with Gasteiger partial charge in [-0.05, 0) is 60.5 Å². The Morgan fingerprint density at radius 1 is 0.708 bits per heavy atom. The first-order valence-corrected chi connectivity index (χ1v) is 16.2. The minimum Gasteiger partial charge on any atom is -0.497 e. The molecule has 48 heavy (non-hydrogen) atoms. The van der Waals surface area contributed by atoms with Gasteiger partial charge in [0.05, 0.1) is 33.3 Å². The number of hydrogen-bond acceptors (Lipinski definition) is 7. The molecular formula is C39H41N3O6. The summed E-state index contributed by atoms with van der Waals surface area (Å²) in [6, 6.07) is 27.8. The summed E-state index contributed by atoms with van der Waals surface area (Å²) < 4.78 is 16.4. The van der Waals surface area contributed by atoms with Crippen molar-refractivity contribution in [2.24, 2.45) is 5.92 Å². The number of ether oxygens (including phenoxy) is 3. The summed E-state index contributed by atoms with van der Waals surface area (Å²) in [7, 11) is 4.63. The smallest absolute Gasteiger partial charge is 0.255 e. The Morgan fingerprint density at radius 3 is 1.98 bits per heavy atom. The van der Waals surface area contributed by atoms with E-state index in [0.29, 0.717) is 54.6 Å². The normalized spacial score (nSPS) is 20.7. The molecule has 0 bridgehead atoms. The summed E-state index contributed by atoms with van der Waals surface area (Å²) in [5.74, 6) is -0.633. The van der Waals surface area contributed by atoms with Crippen molar-refractivity contribution in [1.82, 2.24) is 15.1 Å². The van der Waals surface area contributed by atoms with Crippen LogP contribution in [0.5, 0.6) is 17.2 Å². The first-order chi connectivity index (χ1) is 23.4. The highest BCUT2D eigenvalue weighted by Gasteiger charge is 2.58. The minimum absolute atomic E-state index is 0.155. The Kier molecular flexibility index (Phi) is 9.77. The lowest BCUT2D eigenvalue weighted by atomic mass is 9.76. The van der Waals surface area contributed by atoms with E-state index in [-0.39, 0.29) is 17.6 Å². The predicted octanol–water partition coefficient (Wildman–Crippen LogP) is 5.30. The van der Waals surface area contributed by atoms with Crippen LogP contribution >= 0.6 is 0 Å². The Hall–Kier alpha value is -5.15. The molecule has 2 aliphatic heterocycles. The second-order valence-corrected chi connectivity index (χ2v) is 12.2. The quantitative estimate of drug-likeness (QED) is 0.246. The Balaban J connectivity index is 1.60. The van der Waals surface area contributed by atoms with E-state index in [1.54, 1.807) is 54.5 Å². The largest absolute Gasteiger partial charge is 0.497 e. The van der Waals surface area contributed by atoms with Crippen LogP contribution in [-0.4, -0.2) is 80.9 Å². The molecule has 2 saturated heterocycles. The third-order valence-electron chi connectivity index (χ3n) is 9.49. The summed E-state index contributed by atoms with van der Waals surface area (Å²) in [5.41, 5.74) is 3.44. The number of piperazine rings is 1. The number of Topliss-reactive ketones (excluding diaryl/α,β-unsaturated/α-hetero) is 1. The molecule has 2 amide bonds. The van der Waals surface area contributed by atoms with Crippen molar-refractivity contribution in [2.75, 3.05) is 47.5 Å². The molecule has 4 unspecified atom stereocenters. The molecule has 2 aliphatic rings. The molecule has 0 aromatic heterocycles. The molecule has 9 nitrogen and oxygen atoms in total. The van der Waals surface area contributed by atoms with Crippen LogP contribution in [0.2, 0.25) is 0 Å². The van der Waals surface area contributed by atoms with Gasteiger partial charge >= 0.3 is 0 Å². The summed E-state index contributed by atoms with van der Waals surface area (Å²) >= 11 is 0. The van der Waals surface area contributed by atoms with E-state index < -0.39 is 23.9 Å². The standard InChI is InChI=1S/C39H41N3O6/c1-25-10-12-27(13-11-25)35-34(37(43)28-14-17-30(46-2)18-15-28)33(26-8-6-5-7-9-26)36(39(45)41-22-20-40-21-23-41)42(35)38(44)29-16-19-31(47-3)32(24-29)48-4/h5-19,24,33-36,40H,20-23H2,1-4H3. The number of methoxy groups -OCH3 is 3. The molecule has 248 valence electrons. The summed E-state index contributed by atoms with van der Waals surface area (Å²) in [5, 5.41) is 3.32. The molecule has 4 aromatic carbocycles. The first-order valence-electron chi connectivity index (χ1n) is 16.2. The van der Waals surface area contributed by atoms with Gasteiger partial charge in [-0.1, -0.05) is 60.2 Å². The molecule has 0 radical (unpaired) electrons. The van der Waals surface area contributed by atoms with Crippen LogP contribution in [0.15, 0.2) is 97.1 Å². The van der Waals surface area contributed by atoms with Crippen LogP contribution < -0.4 is 19.5 Å². The zero-order valence-electron chi connectivity index (χ0n) is 27.7. The molecule has 2 heterocycles. The fourth-order valence-corrected chi connectivity index (χ4v) is 7.08. The summed E-state index contributed by atoms with van der Waals surface area (Å²) in [6.07, 6.45) is 0. The Labute approximate surface area is 281 Å². The number of aryl methyl sites for hydroxylation is 1. The average molecular weight is 648 g/mol. The van der Waals surface area contributed by atoms with Crippen LogP contribution in [0.25, 0.3) is 0 Å². The van der Waals surface area contributed by atoms with E-state index in [2.05, 4.69) is 5.32 Å². The first kappa shape index (κ1) is 32.8. The SMILES string of the molecule is COc1ccc(C(=O)C2C(c3ccccc3)C(C(=O)N3CCNCC3)N(C(=O)c3ccc(OC)c(OC)c3)C2c2ccc(C)cc2)cc1. The number of carbonyl (C=O) groups excluding carboxylic acids is 3. The second kappa shape index (κ2) is 14.3. The van der Waals surface area contributed by atoms with E-state index >= 15 is 4.79 Å². The number of nitrogens with one attached hydrogen (secondary N) is 1. The number of rotatable bonds is 9. The van der Waals surface area contributed by atoms with Crippen LogP contribution in [0.3, 0.4) is 0 Å². The maximum atomic E-state index is 15.0. The van der Waals surface area contributed by atoms with Crippen LogP contribution in [0.1, 0.15) is 49.4 Å². The third-order valence-corrected chi connectivity index (χ3v) is 9.49. The van der Waals surface area contributed by atoms with Gasteiger partial charge in [-0.3, -0.25) is 14.4 Å². The molecule has 1 N–H and O–H groups in total. The monoisotopic (exact) mass is 647 g/mol. The lowest BCUT2D eigenvalue weighted by molar-refractivity contribution is -0.136. The van der Waals surface area contributed by atoms with Crippen molar-refractivity contribution in [3.8, 4) is 17.2 Å². The molecule has 2 fully saturated rings. The van der Waals surface area contributed by atoms with Crippen molar-refractivity contribution >= 4 is 17.6 Å². The summed E-state index contributed by atoms with van der Waals surface area (Å²) in [6.45, 7) is 4.29. The fourth-order valence-electron chi connectivity index (χ4n) is 7.08. The molecule has 0 aliphatic carbocycles. The van der Waals surface area contributed by atoms with Gasteiger partial charge in [0.15, 0.2) is 17.3 Å². The Bertz CT molecular complexity index is 1750. The highest BCUT2D eigenvalue weighted by Crippen LogP contribution is 2.52. The van der Waals surface area contributed by atoms with Gasteiger partial charge < -0.3 is 29.3 Å². The fraction of sp³-hybridized carbons (Fsp3) is 0.308. The number of hydrogen-bond donors (Lipinski definition) is 1. The molecule has 4 atom stereocenters. The summed E-state index contributed by atoms with van der Waals surface area (Å²) in [4.78, 5) is 48.4. The predicted molar refractivity (Wildman–Crippen MR) is 183 cm³/mol. The van der Waals surface area contributed by atoms with Gasteiger partial charge in [0.25, 0.3) is 5.91 Å². The molecular weight excluding hydrogens is 606 g/mol. The van der Waals surface area contributed by atoms with Crippen LogP contribution in [-0.2, 0) is 4.79 Å². The third kappa shape index (κ3) is 6.25. The zero-order valence-corrected chi connectivity index (χ0v) is 27.7. The number of ketones is 1. The highest BCUT2D eigenvalue weighted by atomic mass is 16.5. The minimum atomic E-state index is -0.968. The maximum absolute atomic E-state index is 15.0. The zero-order chi connectivity index (χ0) is 33.8. The van der Waals surface area contributed by atoms with Crippen LogP contribution in [0, 0.1) is 12.8 Å². The molecule has 9 heteroatoms. The van der Waals surface area contributed by atoms with Gasteiger partial charge in [-0.2, -0.15) is 0 Å². The second-order valence-electron chi connectivity index (χ2n) is 12.2. The van der Waals surface area contributed by atoms with E-state index in [0.717, 1.165) is 16.7 Å². The van der Waals surface area contributed by atoms with E-state index in [9.17, 15) is 9.59 Å². The lowest BCUT2D eigenvalue weighted by Gasteiger charge is -2.36. The molecule has 0 spiro atoms. The number of nitrogens with zero attached hydrogens (tertiary/aromatic N) is 2. The van der Waals surface area contributed by atoms with Gasteiger partial charge in [-0.15, -0.1) is 0 Å². The van der Waals surface area contributed by atoms with Gasteiger partial charge in [-0.25, -0.2) is 0 Å². The topological polar surface area (TPSA) is 97.4 Å². The Morgan fingerprint density at radius 2 is 1.35 bits per heavy atom. The van der Waals surface area contributed by atoms with E-state index in [1.807, 2.05) is 66.4 Å². The van der Waals surface area contributed by atoms with Crippen molar-refractivity contribution in [2.45, 2.75) is 24.9 Å². The van der Waals surface area contributed by atoms with Crippen molar-refractivity contribution < 1.29 is 28.6 Å². The van der Waals surface area contributed by atoms with Crippen LogP contribution in [0.4, 0.5) is 0 Å². The van der Waals surface area contributed by atoms with Gasteiger partial charge in [0, 0.05) is 43.2 Å². The average Bonchev–Trinajstić information content (AvgIpc) is 3.50. The number of amides is 2. The van der Waals surface area contributed by atoms with Crippen molar-refractivity contribution in [3.05, 3.63) is 125 Å². The number of carbonyl (C=O) groups is 3. The maximum Gasteiger partial charge on any atom is 0.255 e.